The Morgan fingerprint density at radius 1 is 1.50 bits per heavy atom. The molecule has 3 nitrogen and oxygen atoms in total. The second kappa shape index (κ2) is 3.56. The minimum atomic E-state index is 0.105. The molecule has 0 saturated carbocycles. The van der Waals surface area contributed by atoms with Crippen LogP contribution in [0.5, 0.6) is 0 Å². The Kier molecular flexibility index (Phi) is 2.44. The van der Waals surface area contributed by atoms with Gasteiger partial charge in [-0.3, -0.25) is 0 Å². The van der Waals surface area contributed by atoms with Crippen LogP contribution in [-0.4, -0.2) is 37.1 Å². The summed E-state index contributed by atoms with van der Waals surface area (Å²) in [6.45, 7) is 1.74. The molecule has 68 valence electrons. The first-order valence-electron chi connectivity index (χ1n) is 4.42. The van der Waals surface area contributed by atoms with Gasteiger partial charge in [0.1, 0.15) is 6.10 Å². The summed E-state index contributed by atoms with van der Waals surface area (Å²) in [5.41, 5.74) is 1.42. The van der Waals surface area contributed by atoms with Crippen LogP contribution >= 0.6 is 0 Å². The third-order valence-electron chi connectivity index (χ3n) is 2.39. The Morgan fingerprint density at radius 3 is 3.00 bits per heavy atom. The van der Waals surface area contributed by atoms with E-state index in [2.05, 4.69) is 6.08 Å². The minimum Gasteiger partial charge on any atom is -0.394 e. The number of ether oxygens (including phenoxy) is 2. The van der Waals surface area contributed by atoms with Gasteiger partial charge in [-0.1, -0.05) is 11.6 Å². The largest absolute Gasteiger partial charge is 0.394 e. The molecule has 0 aromatic carbocycles. The first-order chi connectivity index (χ1) is 5.90. The molecule has 1 saturated heterocycles. The van der Waals surface area contributed by atoms with E-state index < -0.39 is 0 Å². The quantitative estimate of drug-likeness (QED) is 0.495. The minimum absolute atomic E-state index is 0.105. The van der Waals surface area contributed by atoms with Gasteiger partial charge in [0.15, 0.2) is 0 Å². The molecule has 2 atom stereocenters. The standard InChI is InChI=1S/C9H14O3/c10-6-9-8(12-9)5-7-1-3-11-4-2-7/h1,8-10H,2-6H2/t8-,9-/m1/s1. The number of rotatable bonds is 3. The molecule has 1 N–H and O–H groups in total. The fourth-order valence-electron chi connectivity index (χ4n) is 1.53. The number of aliphatic hydroxyl groups is 1. The third-order valence-corrected chi connectivity index (χ3v) is 2.39. The lowest BCUT2D eigenvalue weighted by atomic mass is 10.0. The van der Waals surface area contributed by atoms with E-state index in [1.54, 1.807) is 0 Å². The molecule has 0 aliphatic carbocycles. The van der Waals surface area contributed by atoms with Crippen LogP contribution in [-0.2, 0) is 9.47 Å². The van der Waals surface area contributed by atoms with Gasteiger partial charge >= 0.3 is 0 Å². The molecular formula is C9H14O3. The summed E-state index contributed by atoms with van der Waals surface area (Å²) in [5, 5.41) is 8.74. The third kappa shape index (κ3) is 1.86. The Morgan fingerprint density at radius 2 is 2.42 bits per heavy atom. The van der Waals surface area contributed by atoms with E-state index in [1.807, 2.05) is 0 Å². The van der Waals surface area contributed by atoms with E-state index in [-0.39, 0.29) is 18.8 Å². The second-order valence-electron chi connectivity index (χ2n) is 3.29. The lowest BCUT2D eigenvalue weighted by Crippen LogP contribution is -2.07. The van der Waals surface area contributed by atoms with Crippen LogP contribution in [0.3, 0.4) is 0 Å². The lowest BCUT2D eigenvalue weighted by Gasteiger charge is -2.11. The van der Waals surface area contributed by atoms with Crippen molar-refractivity contribution in [1.29, 1.82) is 0 Å². The summed E-state index contributed by atoms with van der Waals surface area (Å²) < 4.78 is 10.4. The monoisotopic (exact) mass is 170 g/mol. The van der Waals surface area contributed by atoms with Gasteiger partial charge in [-0.15, -0.1) is 0 Å². The maximum absolute atomic E-state index is 8.74. The van der Waals surface area contributed by atoms with Gasteiger partial charge in [0.25, 0.3) is 0 Å². The summed E-state index contributed by atoms with van der Waals surface area (Å²) in [6, 6.07) is 0. The molecule has 2 rings (SSSR count). The van der Waals surface area contributed by atoms with Crippen LogP contribution < -0.4 is 0 Å². The van der Waals surface area contributed by atoms with Crippen molar-refractivity contribution >= 4 is 0 Å². The van der Waals surface area contributed by atoms with Crippen molar-refractivity contribution in [1.82, 2.24) is 0 Å². The van der Waals surface area contributed by atoms with Crippen molar-refractivity contribution in [3.05, 3.63) is 11.6 Å². The van der Waals surface area contributed by atoms with Crippen molar-refractivity contribution in [3.63, 3.8) is 0 Å². The van der Waals surface area contributed by atoms with Crippen molar-refractivity contribution in [2.45, 2.75) is 25.0 Å². The van der Waals surface area contributed by atoms with Crippen molar-refractivity contribution in [3.8, 4) is 0 Å². The molecule has 0 amide bonds. The zero-order valence-electron chi connectivity index (χ0n) is 7.03. The van der Waals surface area contributed by atoms with Crippen LogP contribution in [0.15, 0.2) is 11.6 Å². The maximum atomic E-state index is 8.74. The predicted octanol–water partition coefficient (Wildman–Crippen LogP) is 0.483. The van der Waals surface area contributed by atoms with Crippen LogP contribution in [0.25, 0.3) is 0 Å². The highest BCUT2D eigenvalue weighted by atomic mass is 16.6. The SMILES string of the molecule is OC[C@H]1O[C@@H]1CC1=CCOCC1. The van der Waals surface area contributed by atoms with Gasteiger partial charge in [-0.05, 0) is 12.8 Å². The summed E-state index contributed by atoms with van der Waals surface area (Å²) in [7, 11) is 0. The van der Waals surface area contributed by atoms with E-state index in [9.17, 15) is 0 Å². The molecule has 12 heavy (non-hydrogen) atoms. The van der Waals surface area contributed by atoms with Crippen LogP contribution in [0.1, 0.15) is 12.8 Å². The molecule has 0 unspecified atom stereocenters. The number of aliphatic hydroxyl groups excluding tert-OH is 1. The Hall–Kier alpha value is -0.380. The molecule has 0 radical (unpaired) electrons. The van der Waals surface area contributed by atoms with Crippen LogP contribution in [0.2, 0.25) is 0 Å². The van der Waals surface area contributed by atoms with E-state index in [0.717, 1.165) is 26.1 Å². The topological polar surface area (TPSA) is 42.0 Å². The van der Waals surface area contributed by atoms with E-state index >= 15 is 0 Å². The number of epoxide rings is 1. The first kappa shape index (κ1) is 8.23. The number of hydrogen-bond donors (Lipinski definition) is 1. The van der Waals surface area contributed by atoms with Crippen molar-refractivity contribution in [2.24, 2.45) is 0 Å². The van der Waals surface area contributed by atoms with Gasteiger partial charge in [0.2, 0.25) is 0 Å². The normalized spacial score (nSPS) is 34.6. The van der Waals surface area contributed by atoms with Gasteiger partial charge in [-0.25, -0.2) is 0 Å². The van der Waals surface area contributed by atoms with E-state index in [1.165, 1.54) is 5.57 Å². The van der Waals surface area contributed by atoms with Crippen molar-refractivity contribution in [2.75, 3.05) is 19.8 Å². The molecule has 0 spiro atoms. The Labute approximate surface area is 72.0 Å². The fraction of sp³-hybridized carbons (Fsp3) is 0.778. The fourth-order valence-corrected chi connectivity index (χ4v) is 1.53. The van der Waals surface area contributed by atoms with E-state index in [4.69, 9.17) is 14.6 Å². The summed E-state index contributed by atoms with van der Waals surface area (Å²) >= 11 is 0. The van der Waals surface area contributed by atoms with Crippen molar-refractivity contribution < 1.29 is 14.6 Å². The Bertz CT molecular complexity index is 188. The molecule has 0 aromatic heterocycles. The predicted molar refractivity (Wildman–Crippen MR) is 43.9 cm³/mol. The molecule has 0 bridgehead atoms. The second-order valence-corrected chi connectivity index (χ2v) is 3.29. The molecule has 2 aliphatic heterocycles. The molecule has 2 aliphatic rings. The van der Waals surface area contributed by atoms with Gasteiger partial charge < -0.3 is 14.6 Å². The van der Waals surface area contributed by atoms with Gasteiger partial charge in [0.05, 0.1) is 25.9 Å². The molecule has 3 heteroatoms. The lowest BCUT2D eigenvalue weighted by molar-refractivity contribution is 0.153. The highest BCUT2D eigenvalue weighted by Crippen LogP contribution is 2.29. The molecular weight excluding hydrogens is 156 g/mol. The van der Waals surface area contributed by atoms with E-state index in [0.29, 0.717) is 0 Å². The molecule has 0 aromatic rings. The molecule has 2 heterocycles. The van der Waals surface area contributed by atoms with Gasteiger partial charge in [0, 0.05) is 0 Å². The van der Waals surface area contributed by atoms with Gasteiger partial charge in [-0.2, -0.15) is 0 Å². The smallest absolute Gasteiger partial charge is 0.107 e. The highest BCUT2D eigenvalue weighted by Gasteiger charge is 2.38. The average molecular weight is 170 g/mol. The zero-order chi connectivity index (χ0) is 8.39. The van der Waals surface area contributed by atoms with Crippen LogP contribution in [0.4, 0.5) is 0 Å². The number of hydrogen-bond acceptors (Lipinski definition) is 3. The summed E-state index contributed by atoms with van der Waals surface area (Å²) in [6.07, 6.45) is 4.51. The average Bonchev–Trinajstić information content (AvgIpc) is 2.85. The van der Waals surface area contributed by atoms with Crippen LogP contribution in [0, 0.1) is 0 Å². The summed E-state index contributed by atoms with van der Waals surface area (Å²) in [5.74, 6) is 0. The zero-order valence-corrected chi connectivity index (χ0v) is 7.03. The maximum Gasteiger partial charge on any atom is 0.107 e. The first-order valence-corrected chi connectivity index (χ1v) is 4.42. The molecule has 1 fully saturated rings. The Balaban J connectivity index is 1.76. The highest BCUT2D eigenvalue weighted by molar-refractivity contribution is 5.09. The summed E-state index contributed by atoms with van der Waals surface area (Å²) in [4.78, 5) is 0.